The van der Waals surface area contributed by atoms with Crippen LogP contribution in [0.25, 0.3) is 0 Å². The van der Waals surface area contributed by atoms with Crippen LogP contribution in [0.15, 0.2) is 36.9 Å². The lowest BCUT2D eigenvalue weighted by molar-refractivity contribution is 0.0472. The monoisotopic (exact) mass is 364 g/mol. The van der Waals surface area contributed by atoms with Gasteiger partial charge in [-0.2, -0.15) is 0 Å². The summed E-state index contributed by atoms with van der Waals surface area (Å²) in [6.07, 6.45) is 7.32. The Balaban J connectivity index is 1.53. The van der Waals surface area contributed by atoms with Gasteiger partial charge in [-0.3, -0.25) is 9.97 Å². The Hall–Kier alpha value is -2.90. The second-order valence-corrected chi connectivity index (χ2v) is 5.47. The minimum absolute atomic E-state index is 0.0729. The fraction of sp³-hybridized carbons (Fsp3) is 0.333. The summed E-state index contributed by atoms with van der Waals surface area (Å²) in [5.74, 6) is -2.42. The second-order valence-electron chi connectivity index (χ2n) is 5.47. The van der Waals surface area contributed by atoms with Gasteiger partial charge in [-0.1, -0.05) is 0 Å². The van der Waals surface area contributed by atoms with Gasteiger partial charge >= 0.3 is 11.9 Å². The summed E-state index contributed by atoms with van der Waals surface area (Å²) in [6.45, 7) is 0.425. The van der Waals surface area contributed by atoms with Gasteiger partial charge in [0.1, 0.15) is 11.6 Å². The van der Waals surface area contributed by atoms with E-state index in [9.17, 15) is 18.4 Å². The number of nitrogens with zero attached hydrogens (tertiary/aromatic N) is 2. The van der Waals surface area contributed by atoms with Gasteiger partial charge < -0.3 is 9.47 Å². The van der Waals surface area contributed by atoms with Crippen LogP contribution in [0.1, 0.15) is 46.4 Å². The zero-order chi connectivity index (χ0) is 18.8. The molecule has 2 aromatic rings. The van der Waals surface area contributed by atoms with E-state index in [1.807, 2.05) is 0 Å². The molecule has 0 saturated carbocycles. The van der Waals surface area contributed by atoms with Gasteiger partial charge in [0.25, 0.3) is 0 Å². The Bertz CT molecular complexity index is 692. The summed E-state index contributed by atoms with van der Waals surface area (Å²) in [6, 6.07) is 2.13. The molecular weight excluding hydrogens is 346 g/mol. The molecule has 0 amide bonds. The summed E-state index contributed by atoms with van der Waals surface area (Å²) in [4.78, 5) is 30.5. The van der Waals surface area contributed by atoms with Crippen LogP contribution < -0.4 is 0 Å². The van der Waals surface area contributed by atoms with Crippen molar-refractivity contribution >= 4 is 11.9 Å². The predicted molar refractivity (Wildman–Crippen MR) is 87.4 cm³/mol. The van der Waals surface area contributed by atoms with Crippen LogP contribution in [0.2, 0.25) is 0 Å². The smallest absolute Gasteiger partial charge is 0.339 e. The van der Waals surface area contributed by atoms with Crippen molar-refractivity contribution in [3.63, 3.8) is 0 Å². The molecular formula is C18H18F2N2O4. The SMILES string of the molecule is O=C(OCCCCCCOC(=O)c1cncc(F)c1)c1cncc(F)c1. The number of esters is 2. The molecule has 0 aliphatic heterocycles. The Morgan fingerprint density at radius 1 is 0.731 bits per heavy atom. The van der Waals surface area contributed by atoms with E-state index in [0.29, 0.717) is 12.8 Å². The van der Waals surface area contributed by atoms with Crippen molar-refractivity contribution in [3.8, 4) is 0 Å². The summed E-state index contributed by atoms with van der Waals surface area (Å²) in [5.41, 5.74) is 0.146. The van der Waals surface area contributed by atoms with Crippen molar-refractivity contribution in [2.75, 3.05) is 13.2 Å². The second kappa shape index (κ2) is 10.2. The number of halogens is 2. The zero-order valence-electron chi connectivity index (χ0n) is 14.0. The molecule has 0 saturated heterocycles. The standard InChI is InChI=1S/C18H18F2N2O4/c19-15-7-13(9-21-11-15)17(23)25-5-3-1-2-4-6-26-18(24)14-8-16(20)12-22-10-14/h7-12H,1-6H2. The van der Waals surface area contributed by atoms with Crippen molar-refractivity contribution in [1.82, 2.24) is 9.97 Å². The van der Waals surface area contributed by atoms with E-state index in [-0.39, 0.29) is 24.3 Å². The van der Waals surface area contributed by atoms with E-state index >= 15 is 0 Å². The number of rotatable bonds is 9. The quantitative estimate of drug-likeness (QED) is 0.502. The molecule has 6 nitrogen and oxygen atoms in total. The van der Waals surface area contributed by atoms with E-state index in [0.717, 1.165) is 37.4 Å². The van der Waals surface area contributed by atoms with Gasteiger partial charge in [-0.25, -0.2) is 18.4 Å². The summed E-state index contributed by atoms with van der Waals surface area (Å²) >= 11 is 0. The first-order valence-electron chi connectivity index (χ1n) is 8.11. The molecule has 2 aromatic heterocycles. The van der Waals surface area contributed by atoms with Gasteiger partial charge in [-0.05, 0) is 37.8 Å². The molecule has 8 heteroatoms. The first-order valence-corrected chi connectivity index (χ1v) is 8.11. The first kappa shape index (κ1) is 19.4. The molecule has 0 aliphatic carbocycles. The number of aromatic nitrogens is 2. The molecule has 26 heavy (non-hydrogen) atoms. The average Bonchev–Trinajstić information content (AvgIpc) is 2.63. The van der Waals surface area contributed by atoms with Crippen molar-refractivity contribution in [1.29, 1.82) is 0 Å². The maximum Gasteiger partial charge on any atom is 0.339 e. The van der Waals surface area contributed by atoms with Crippen LogP contribution in [0.5, 0.6) is 0 Å². The number of ether oxygens (including phenoxy) is 2. The first-order chi connectivity index (χ1) is 12.6. The Morgan fingerprint density at radius 2 is 1.15 bits per heavy atom. The molecule has 0 aliphatic rings. The largest absolute Gasteiger partial charge is 0.462 e. The van der Waals surface area contributed by atoms with Gasteiger partial charge in [0.2, 0.25) is 0 Å². The predicted octanol–water partition coefficient (Wildman–Crippen LogP) is 3.33. The molecule has 0 N–H and O–H groups in total. The van der Waals surface area contributed by atoms with Crippen LogP contribution in [0.4, 0.5) is 8.78 Å². The van der Waals surface area contributed by atoms with Crippen molar-refractivity contribution in [2.45, 2.75) is 25.7 Å². The molecule has 2 rings (SSSR count). The fourth-order valence-corrected chi connectivity index (χ4v) is 2.10. The van der Waals surface area contributed by atoms with Gasteiger partial charge in [0.05, 0.1) is 36.7 Å². The normalized spacial score (nSPS) is 10.4. The van der Waals surface area contributed by atoms with Crippen molar-refractivity contribution in [2.24, 2.45) is 0 Å². The number of hydrogen-bond acceptors (Lipinski definition) is 6. The van der Waals surface area contributed by atoms with Crippen molar-refractivity contribution in [3.05, 3.63) is 59.7 Å². The molecule has 2 heterocycles. The number of carbonyl (C=O) groups excluding carboxylic acids is 2. The zero-order valence-corrected chi connectivity index (χ0v) is 14.0. The van der Waals surface area contributed by atoms with E-state index < -0.39 is 23.6 Å². The Labute approximate surface area is 149 Å². The lowest BCUT2D eigenvalue weighted by Gasteiger charge is -2.06. The maximum atomic E-state index is 12.9. The third kappa shape index (κ3) is 6.54. The summed E-state index contributed by atoms with van der Waals surface area (Å²) in [7, 11) is 0. The molecule has 0 spiro atoms. The topological polar surface area (TPSA) is 78.4 Å². The summed E-state index contributed by atoms with van der Waals surface area (Å²) < 4.78 is 35.9. The molecule has 138 valence electrons. The number of hydrogen-bond donors (Lipinski definition) is 0. The van der Waals surface area contributed by atoms with Crippen LogP contribution >= 0.6 is 0 Å². The summed E-state index contributed by atoms with van der Waals surface area (Å²) in [5, 5.41) is 0. The molecule has 0 bridgehead atoms. The van der Waals surface area contributed by atoms with Crippen LogP contribution in [-0.2, 0) is 9.47 Å². The van der Waals surface area contributed by atoms with E-state index in [1.165, 1.54) is 12.4 Å². The minimum atomic E-state index is -0.616. The van der Waals surface area contributed by atoms with Crippen LogP contribution in [0.3, 0.4) is 0 Å². The van der Waals surface area contributed by atoms with E-state index in [1.54, 1.807) is 0 Å². The average molecular weight is 364 g/mol. The number of unbranched alkanes of at least 4 members (excludes halogenated alkanes) is 3. The molecule has 0 radical (unpaired) electrons. The highest BCUT2D eigenvalue weighted by Gasteiger charge is 2.09. The maximum absolute atomic E-state index is 12.9. The molecule has 0 unspecified atom stereocenters. The van der Waals surface area contributed by atoms with Crippen molar-refractivity contribution < 1.29 is 27.8 Å². The number of pyridine rings is 2. The molecule has 0 aromatic carbocycles. The molecule has 0 fully saturated rings. The highest BCUT2D eigenvalue weighted by molar-refractivity contribution is 5.89. The highest BCUT2D eigenvalue weighted by Crippen LogP contribution is 2.07. The highest BCUT2D eigenvalue weighted by atomic mass is 19.1. The van der Waals surface area contributed by atoms with E-state index in [2.05, 4.69) is 9.97 Å². The van der Waals surface area contributed by atoms with Crippen LogP contribution in [-0.4, -0.2) is 35.1 Å². The third-order valence-corrected chi connectivity index (χ3v) is 3.39. The van der Waals surface area contributed by atoms with Gasteiger partial charge in [0.15, 0.2) is 0 Å². The number of carbonyl (C=O) groups is 2. The third-order valence-electron chi connectivity index (χ3n) is 3.39. The molecule has 0 atom stereocenters. The van der Waals surface area contributed by atoms with Crippen LogP contribution in [0, 0.1) is 11.6 Å². The Kier molecular flexibility index (Phi) is 7.60. The minimum Gasteiger partial charge on any atom is -0.462 e. The van der Waals surface area contributed by atoms with Gasteiger partial charge in [-0.15, -0.1) is 0 Å². The lowest BCUT2D eigenvalue weighted by Crippen LogP contribution is -2.08. The Morgan fingerprint density at radius 3 is 1.54 bits per heavy atom. The van der Waals surface area contributed by atoms with Gasteiger partial charge in [0, 0.05) is 12.4 Å². The van der Waals surface area contributed by atoms with E-state index in [4.69, 9.17) is 9.47 Å². The lowest BCUT2D eigenvalue weighted by atomic mass is 10.2. The fourth-order valence-electron chi connectivity index (χ4n) is 2.10.